The van der Waals surface area contributed by atoms with Crippen LogP contribution in [0.4, 0.5) is 21.0 Å². The Balaban J connectivity index is 1.61. The third-order valence-electron chi connectivity index (χ3n) is 4.51. The lowest BCUT2D eigenvalue weighted by Crippen LogP contribution is -2.31. The number of rotatable bonds is 5. The monoisotopic (exact) mass is 352 g/mol. The highest BCUT2D eigenvalue weighted by Gasteiger charge is 2.21. The van der Waals surface area contributed by atoms with Gasteiger partial charge in [-0.25, -0.2) is 9.59 Å². The predicted octanol–water partition coefficient (Wildman–Crippen LogP) is 3.66. The van der Waals surface area contributed by atoms with E-state index in [4.69, 9.17) is 0 Å². The van der Waals surface area contributed by atoms with Crippen molar-refractivity contribution in [2.24, 2.45) is 0 Å². The molecule has 2 aromatic rings. The van der Waals surface area contributed by atoms with Crippen LogP contribution < -0.4 is 20.9 Å². The van der Waals surface area contributed by atoms with Gasteiger partial charge in [-0.05, 0) is 42.7 Å². The number of amides is 4. The highest BCUT2D eigenvalue weighted by molar-refractivity contribution is 5.95. The van der Waals surface area contributed by atoms with Gasteiger partial charge in [-0.1, -0.05) is 37.3 Å². The fraction of sp³-hybridized carbons (Fsp3) is 0.300. The molecule has 6 heteroatoms. The van der Waals surface area contributed by atoms with Crippen LogP contribution in [0.1, 0.15) is 31.0 Å². The van der Waals surface area contributed by atoms with Crippen LogP contribution in [-0.2, 0) is 6.42 Å². The molecule has 136 valence electrons. The first-order chi connectivity index (χ1) is 12.6. The predicted molar refractivity (Wildman–Crippen MR) is 104 cm³/mol. The minimum absolute atomic E-state index is 0.103. The van der Waals surface area contributed by atoms with Gasteiger partial charge < -0.3 is 16.0 Å². The third-order valence-corrected chi connectivity index (χ3v) is 4.51. The Morgan fingerprint density at radius 3 is 2.65 bits per heavy atom. The second-order valence-corrected chi connectivity index (χ2v) is 6.35. The Kier molecular flexibility index (Phi) is 5.41. The summed E-state index contributed by atoms with van der Waals surface area (Å²) in [6.07, 6.45) is 0.994. The lowest BCUT2D eigenvalue weighted by atomic mass is 10.1. The Labute approximate surface area is 153 Å². The van der Waals surface area contributed by atoms with E-state index >= 15 is 0 Å². The summed E-state index contributed by atoms with van der Waals surface area (Å²) in [5, 5.41) is 8.54. The Morgan fingerprint density at radius 2 is 2.00 bits per heavy atom. The number of nitrogens with zero attached hydrogens (tertiary/aromatic N) is 1. The van der Waals surface area contributed by atoms with Crippen LogP contribution in [0.25, 0.3) is 0 Å². The third kappa shape index (κ3) is 4.14. The molecule has 1 atom stereocenters. The zero-order valence-corrected chi connectivity index (χ0v) is 15.1. The number of nitrogens with one attached hydrogen (secondary N) is 3. The first kappa shape index (κ1) is 17.8. The fourth-order valence-corrected chi connectivity index (χ4v) is 2.96. The van der Waals surface area contributed by atoms with Crippen LogP contribution in [0, 0.1) is 0 Å². The summed E-state index contributed by atoms with van der Waals surface area (Å²) in [6, 6.07) is 15.0. The minimum Gasteiger partial charge on any atom is -0.336 e. The van der Waals surface area contributed by atoms with Gasteiger partial charge in [0.1, 0.15) is 0 Å². The molecule has 4 amide bonds. The Morgan fingerprint density at radius 1 is 1.23 bits per heavy atom. The molecule has 1 fully saturated rings. The number of urea groups is 2. The first-order valence-electron chi connectivity index (χ1n) is 8.88. The normalized spacial score (nSPS) is 14.7. The van der Waals surface area contributed by atoms with E-state index in [1.54, 1.807) is 17.0 Å². The van der Waals surface area contributed by atoms with Gasteiger partial charge in [-0.15, -0.1) is 0 Å². The van der Waals surface area contributed by atoms with Crippen molar-refractivity contribution in [2.45, 2.75) is 26.3 Å². The van der Waals surface area contributed by atoms with Crippen molar-refractivity contribution in [3.63, 3.8) is 0 Å². The lowest BCUT2D eigenvalue weighted by molar-refractivity contribution is 0.249. The highest BCUT2D eigenvalue weighted by atomic mass is 16.2. The van der Waals surface area contributed by atoms with Gasteiger partial charge in [-0.3, -0.25) is 4.90 Å². The molecule has 0 aliphatic carbocycles. The molecule has 1 heterocycles. The molecule has 0 radical (unpaired) electrons. The zero-order chi connectivity index (χ0) is 18.5. The van der Waals surface area contributed by atoms with Gasteiger partial charge in [0, 0.05) is 24.5 Å². The van der Waals surface area contributed by atoms with E-state index in [1.807, 2.05) is 31.2 Å². The number of hydrogen-bond donors (Lipinski definition) is 3. The summed E-state index contributed by atoms with van der Waals surface area (Å²) in [5.74, 6) is 0. The SMILES string of the molecule is CCc1ccc(C(C)NC(=O)Nc2cccc(N3CCNC3=O)c2)cc1. The molecule has 0 saturated carbocycles. The number of aryl methyl sites for hydroxylation is 1. The maximum atomic E-state index is 12.3. The Bertz CT molecular complexity index is 789. The second kappa shape index (κ2) is 7.91. The van der Waals surface area contributed by atoms with Gasteiger partial charge in [0.2, 0.25) is 0 Å². The van der Waals surface area contributed by atoms with Gasteiger partial charge in [0.05, 0.1) is 6.04 Å². The minimum atomic E-state index is -0.278. The van der Waals surface area contributed by atoms with Crippen molar-refractivity contribution in [1.29, 1.82) is 0 Å². The van der Waals surface area contributed by atoms with Gasteiger partial charge in [0.15, 0.2) is 0 Å². The standard InChI is InChI=1S/C20H24N4O2/c1-3-15-7-9-16(10-8-15)14(2)22-19(25)23-17-5-4-6-18(13-17)24-12-11-21-20(24)26/h4-10,13-14H,3,11-12H2,1-2H3,(H,21,26)(H2,22,23,25). The summed E-state index contributed by atoms with van der Waals surface area (Å²) >= 11 is 0. The largest absolute Gasteiger partial charge is 0.336 e. The maximum Gasteiger partial charge on any atom is 0.321 e. The van der Waals surface area contributed by atoms with E-state index in [0.29, 0.717) is 18.8 Å². The number of carbonyl (C=O) groups is 2. The molecule has 3 N–H and O–H groups in total. The van der Waals surface area contributed by atoms with Crippen molar-refractivity contribution in [2.75, 3.05) is 23.3 Å². The molecular formula is C20H24N4O2. The molecule has 0 spiro atoms. The summed E-state index contributed by atoms with van der Waals surface area (Å²) in [5.41, 5.74) is 3.74. The van der Waals surface area contributed by atoms with Gasteiger partial charge in [-0.2, -0.15) is 0 Å². The molecule has 1 saturated heterocycles. The van der Waals surface area contributed by atoms with E-state index in [-0.39, 0.29) is 18.1 Å². The van der Waals surface area contributed by atoms with Crippen LogP contribution in [0.15, 0.2) is 48.5 Å². The molecule has 1 aliphatic heterocycles. The number of carbonyl (C=O) groups excluding carboxylic acids is 2. The van der Waals surface area contributed by atoms with Gasteiger partial charge in [0.25, 0.3) is 0 Å². The van der Waals surface area contributed by atoms with Crippen molar-refractivity contribution in [3.05, 3.63) is 59.7 Å². The van der Waals surface area contributed by atoms with E-state index in [1.165, 1.54) is 5.56 Å². The number of hydrogen-bond acceptors (Lipinski definition) is 2. The second-order valence-electron chi connectivity index (χ2n) is 6.35. The summed E-state index contributed by atoms with van der Waals surface area (Å²) < 4.78 is 0. The summed E-state index contributed by atoms with van der Waals surface area (Å²) in [4.78, 5) is 25.7. The average molecular weight is 352 g/mol. The number of benzene rings is 2. The zero-order valence-electron chi connectivity index (χ0n) is 15.1. The van der Waals surface area contributed by atoms with Crippen molar-refractivity contribution in [1.82, 2.24) is 10.6 Å². The molecule has 1 aliphatic rings. The van der Waals surface area contributed by atoms with E-state index in [2.05, 4.69) is 35.0 Å². The summed E-state index contributed by atoms with van der Waals surface area (Å²) in [6.45, 7) is 5.32. The van der Waals surface area contributed by atoms with Crippen LogP contribution in [0.2, 0.25) is 0 Å². The molecule has 26 heavy (non-hydrogen) atoms. The van der Waals surface area contributed by atoms with Crippen LogP contribution in [-0.4, -0.2) is 25.2 Å². The molecule has 1 unspecified atom stereocenters. The van der Waals surface area contributed by atoms with E-state index in [0.717, 1.165) is 17.7 Å². The molecule has 0 aromatic heterocycles. The molecular weight excluding hydrogens is 328 g/mol. The molecule has 6 nitrogen and oxygen atoms in total. The lowest BCUT2D eigenvalue weighted by Gasteiger charge is -2.17. The van der Waals surface area contributed by atoms with Crippen LogP contribution >= 0.6 is 0 Å². The van der Waals surface area contributed by atoms with E-state index in [9.17, 15) is 9.59 Å². The van der Waals surface area contributed by atoms with Crippen LogP contribution in [0.5, 0.6) is 0 Å². The maximum absolute atomic E-state index is 12.3. The van der Waals surface area contributed by atoms with Crippen LogP contribution in [0.3, 0.4) is 0 Å². The van der Waals surface area contributed by atoms with Crippen molar-refractivity contribution < 1.29 is 9.59 Å². The Hall–Kier alpha value is -3.02. The van der Waals surface area contributed by atoms with E-state index < -0.39 is 0 Å². The molecule has 0 bridgehead atoms. The topological polar surface area (TPSA) is 73.5 Å². The fourth-order valence-electron chi connectivity index (χ4n) is 2.96. The van der Waals surface area contributed by atoms with Crippen molar-refractivity contribution >= 4 is 23.4 Å². The van der Waals surface area contributed by atoms with Gasteiger partial charge >= 0.3 is 12.1 Å². The summed E-state index contributed by atoms with van der Waals surface area (Å²) in [7, 11) is 0. The quantitative estimate of drug-likeness (QED) is 0.768. The smallest absolute Gasteiger partial charge is 0.321 e. The molecule has 2 aromatic carbocycles. The average Bonchev–Trinajstić information content (AvgIpc) is 3.08. The first-order valence-corrected chi connectivity index (χ1v) is 8.88. The molecule has 3 rings (SSSR count). The van der Waals surface area contributed by atoms with Crippen molar-refractivity contribution in [3.8, 4) is 0 Å². The number of anilines is 2. The highest BCUT2D eigenvalue weighted by Crippen LogP contribution is 2.21.